The maximum absolute atomic E-state index is 12.3. The van der Waals surface area contributed by atoms with Gasteiger partial charge in [-0.05, 0) is 26.2 Å². The zero-order valence-electron chi connectivity index (χ0n) is 11.6. The van der Waals surface area contributed by atoms with Crippen molar-refractivity contribution in [1.82, 2.24) is 15.1 Å². The molecule has 1 saturated carbocycles. The van der Waals surface area contributed by atoms with Crippen molar-refractivity contribution in [3.63, 3.8) is 0 Å². The number of nitrogens with zero attached hydrogens (tertiary/aromatic N) is 2. The van der Waals surface area contributed by atoms with Crippen LogP contribution in [0.2, 0.25) is 0 Å². The number of hydrogen-bond acceptors (Lipinski definition) is 4. The summed E-state index contributed by atoms with van der Waals surface area (Å²) < 4.78 is 0. The van der Waals surface area contributed by atoms with Crippen molar-refractivity contribution in [1.29, 1.82) is 0 Å². The smallest absolute Gasteiger partial charge is 0.327 e. The zero-order chi connectivity index (χ0) is 14.3. The van der Waals surface area contributed by atoms with E-state index in [2.05, 4.69) is 10.2 Å². The molecule has 20 heavy (non-hydrogen) atoms. The van der Waals surface area contributed by atoms with E-state index in [1.807, 2.05) is 6.92 Å². The molecule has 2 heterocycles. The molecule has 7 heteroatoms. The van der Waals surface area contributed by atoms with Crippen LogP contribution in [0.1, 0.15) is 26.2 Å². The number of carbonyl (C=O) groups excluding carboxylic acids is 1. The van der Waals surface area contributed by atoms with Gasteiger partial charge in [0, 0.05) is 30.9 Å². The Bertz CT molecular complexity index is 416. The van der Waals surface area contributed by atoms with Gasteiger partial charge in [0.15, 0.2) is 0 Å². The average Bonchev–Trinajstić information content (AvgIpc) is 3.01. The molecule has 0 aromatic heterocycles. The Kier molecular flexibility index (Phi) is 3.81. The van der Waals surface area contributed by atoms with Gasteiger partial charge in [0.25, 0.3) is 0 Å². The lowest BCUT2D eigenvalue weighted by atomic mass is 10.2. The minimum atomic E-state index is -0.914. The molecule has 2 saturated heterocycles. The largest absolute Gasteiger partial charge is 0.480 e. The summed E-state index contributed by atoms with van der Waals surface area (Å²) in [6.45, 7) is 3.84. The summed E-state index contributed by atoms with van der Waals surface area (Å²) in [6.07, 6.45) is 3.53. The lowest BCUT2D eigenvalue weighted by Gasteiger charge is -2.27. The molecule has 112 valence electrons. The van der Waals surface area contributed by atoms with Crippen LogP contribution in [0.3, 0.4) is 0 Å². The van der Waals surface area contributed by atoms with Crippen molar-refractivity contribution in [2.45, 2.75) is 49.7 Å². The van der Waals surface area contributed by atoms with Gasteiger partial charge in [0.05, 0.1) is 5.37 Å². The number of rotatable bonds is 3. The quantitative estimate of drug-likeness (QED) is 0.806. The third kappa shape index (κ3) is 2.74. The molecular weight excluding hydrogens is 278 g/mol. The van der Waals surface area contributed by atoms with Gasteiger partial charge in [-0.2, -0.15) is 0 Å². The highest BCUT2D eigenvalue weighted by Crippen LogP contribution is 2.31. The van der Waals surface area contributed by atoms with Gasteiger partial charge in [0.1, 0.15) is 6.04 Å². The van der Waals surface area contributed by atoms with Crippen LogP contribution in [-0.2, 0) is 4.79 Å². The topological polar surface area (TPSA) is 72.9 Å². The zero-order valence-corrected chi connectivity index (χ0v) is 12.4. The predicted molar refractivity (Wildman–Crippen MR) is 76.7 cm³/mol. The number of carboxylic acid groups (broad SMARTS) is 1. The minimum absolute atomic E-state index is 0.0722. The first-order valence-electron chi connectivity index (χ1n) is 7.23. The number of carboxylic acids is 1. The van der Waals surface area contributed by atoms with Crippen LogP contribution in [0, 0.1) is 0 Å². The molecule has 6 nitrogen and oxygen atoms in total. The standard InChI is InChI=1S/C13H21N3O3S/c1-8-16(11(7-20-8)12(17)18)13(19)14-9-4-5-15(6-9)10-2-3-10/h8-11H,2-7H2,1H3,(H,14,19)(H,17,18). The van der Waals surface area contributed by atoms with E-state index in [4.69, 9.17) is 0 Å². The van der Waals surface area contributed by atoms with E-state index in [9.17, 15) is 14.7 Å². The molecule has 2 amide bonds. The fraction of sp³-hybridized carbons (Fsp3) is 0.846. The van der Waals surface area contributed by atoms with Crippen LogP contribution in [0.25, 0.3) is 0 Å². The molecule has 0 aromatic carbocycles. The van der Waals surface area contributed by atoms with Gasteiger partial charge in [-0.15, -0.1) is 11.8 Å². The highest BCUT2D eigenvalue weighted by Gasteiger charge is 2.41. The Morgan fingerprint density at radius 2 is 2.05 bits per heavy atom. The monoisotopic (exact) mass is 299 g/mol. The highest BCUT2D eigenvalue weighted by molar-refractivity contribution is 8.00. The normalized spacial score (nSPS) is 34.5. The molecule has 2 aliphatic heterocycles. The maximum atomic E-state index is 12.3. The van der Waals surface area contributed by atoms with E-state index in [1.54, 1.807) is 0 Å². The van der Waals surface area contributed by atoms with Crippen molar-refractivity contribution in [3.05, 3.63) is 0 Å². The summed E-state index contributed by atoms with van der Waals surface area (Å²) in [4.78, 5) is 27.5. The molecular formula is C13H21N3O3S. The molecule has 0 radical (unpaired) electrons. The second kappa shape index (κ2) is 5.44. The number of carbonyl (C=O) groups is 2. The average molecular weight is 299 g/mol. The van der Waals surface area contributed by atoms with E-state index >= 15 is 0 Å². The summed E-state index contributed by atoms with van der Waals surface area (Å²) in [5.41, 5.74) is 0. The first-order chi connectivity index (χ1) is 9.56. The van der Waals surface area contributed by atoms with E-state index in [0.717, 1.165) is 25.6 Å². The SMILES string of the molecule is CC1SCC(C(=O)O)N1C(=O)NC1CCN(C2CC2)C1. The summed E-state index contributed by atoms with van der Waals surface area (Å²) in [5, 5.41) is 12.1. The van der Waals surface area contributed by atoms with Crippen molar-refractivity contribution in [2.75, 3.05) is 18.8 Å². The summed E-state index contributed by atoms with van der Waals surface area (Å²) in [5.74, 6) is -0.439. The fourth-order valence-corrected chi connectivity index (χ4v) is 4.23. The molecule has 0 spiro atoms. The number of amides is 2. The third-order valence-electron chi connectivity index (χ3n) is 4.35. The van der Waals surface area contributed by atoms with E-state index in [1.165, 1.54) is 29.5 Å². The van der Waals surface area contributed by atoms with Crippen LogP contribution in [0.4, 0.5) is 4.79 Å². The molecule has 3 aliphatic rings. The Morgan fingerprint density at radius 3 is 2.70 bits per heavy atom. The Balaban J connectivity index is 1.56. The number of likely N-dealkylation sites (tertiary alicyclic amines) is 1. The fourth-order valence-electron chi connectivity index (χ4n) is 3.07. The Labute approximate surface area is 122 Å². The van der Waals surface area contributed by atoms with Gasteiger partial charge < -0.3 is 10.4 Å². The Morgan fingerprint density at radius 1 is 1.30 bits per heavy atom. The second-order valence-corrected chi connectivity index (χ2v) is 7.20. The molecule has 0 aromatic rings. The molecule has 0 bridgehead atoms. The highest BCUT2D eigenvalue weighted by atomic mass is 32.2. The van der Waals surface area contributed by atoms with E-state index in [-0.39, 0.29) is 17.4 Å². The van der Waals surface area contributed by atoms with Crippen LogP contribution in [0.5, 0.6) is 0 Å². The molecule has 2 N–H and O–H groups in total. The van der Waals surface area contributed by atoms with Crippen LogP contribution in [0.15, 0.2) is 0 Å². The van der Waals surface area contributed by atoms with Crippen LogP contribution < -0.4 is 5.32 Å². The molecule has 1 aliphatic carbocycles. The molecule has 3 rings (SSSR count). The second-order valence-electron chi connectivity index (χ2n) is 5.86. The van der Waals surface area contributed by atoms with Crippen molar-refractivity contribution < 1.29 is 14.7 Å². The van der Waals surface area contributed by atoms with Gasteiger partial charge in [-0.1, -0.05) is 0 Å². The summed E-state index contributed by atoms with van der Waals surface area (Å²) >= 11 is 1.52. The summed E-state index contributed by atoms with van der Waals surface area (Å²) in [6, 6.07) is -0.0336. The predicted octanol–water partition coefficient (Wildman–Crippen LogP) is 0.781. The Hall–Kier alpha value is -0.950. The van der Waals surface area contributed by atoms with Gasteiger partial charge in [-0.25, -0.2) is 9.59 Å². The van der Waals surface area contributed by atoms with Crippen molar-refractivity contribution in [3.8, 4) is 0 Å². The van der Waals surface area contributed by atoms with E-state index in [0.29, 0.717) is 5.75 Å². The number of aliphatic carboxylic acids is 1. The van der Waals surface area contributed by atoms with Crippen molar-refractivity contribution >= 4 is 23.8 Å². The number of thioether (sulfide) groups is 1. The van der Waals surface area contributed by atoms with Crippen molar-refractivity contribution in [2.24, 2.45) is 0 Å². The molecule has 3 unspecified atom stereocenters. The molecule has 3 atom stereocenters. The van der Waals surface area contributed by atoms with Crippen LogP contribution >= 0.6 is 11.8 Å². The minimum Gasteiger partial charge on any atom is -0.480 e. The number of hydrogen-bond donors (Lipinski definition) is 2. The van der Waals surface area contributed by atoms with Gasteiger partial charge in [0.2, 0.25) is 0 Å². The van der Waals surface area contributed by atoms with E-state index < -0.39 is 12.0 Å². The lowest BCUT2D eigenvalue weighted by Crippen LogP contribution is -2.52. The summed E-state index contributed by atoms with van der Waals surface area (Å²) in [7, 11) is 0. The maximum Gasteiger partial charge on any atom is 0.327 e. The lowest BCUT2D eigenvalue weighted by molar-refractivity contribution is -0.141. The first-order valence-corrected chi connectivity index (χ1v) is 8.28. The first kappa shape index (κ1) is 14.0. The van der Waals surface area contributed by atoms with Crippen LogP contribution in [-0.4, -0.2) is 69.2 Å². The third-order valence-corrected chi connectivity index (χ3v) is 5.57. The molecule has 3 fully saturated rings. The number of urea groups is 1. The van der Waals surface area contributed by atoms with Gasteiger partial charge in [-0.3, -0.25) is 9.80 Å². The van der Waals surface area contributed by atoms with Gasteiger partial charge >= 0.3 is 12.0 Å². The number of nitrogens with one attached hydrogen (secondary N) is 1.